The molecule has 2 aliphatic heterocycles. The van der Waals surface area contributed by atoms with Gasteiger partial charge in [0.15, 0.2) is 0 Å². The van der Waals surface area contributed by atoms with Crippen LogP contribution in [0.5, 0.6) is 0 Å². The molecule has 0 aromatic heterocycles. The van der Waals surface area contributed by atoms with Crippen LogP contribution in [-0.2, 0) is 4.79 Å². The van der Waals surface area contributed by atoms with Crippen LogP contribution in [0.2, 0.25) is 0 Å². The first-order valence-electron chi connectivity index (χ1n) is 5.27. The summed E-state index contributed by atoms with van der Waals surface area (Å²) in [5, 5.41) is 3.04. The van der Waals surface area contributed by atoms with Crippen molar-refractivity contribution in [2.75, 3.05) is 6.54 Å². The minimum absolute atomic E-state index is 0.0913. The Kier molecular flexibility index (Phi) is 1.84. The van der Waals surface area contributed by atoms with Crippen LogP contribution in [0, 0.1) is 0 Å². The van der Waals surface area contributed by atoms with Gasteiger partial charge in [-0.15, -0.1) is 0 Å². The zero-order valence-electron chi connectivity index (χ0n) is 8.36. The molecule has 3 rings (SSSR count). The van der Waals surface area contributed by atoms with E-state index in [1.54, 1.807) is 0 Å². The first-order chi connectivity index (χ1) is 7.36. The molecule has 0 saturated heterocycles. The maximum Gasteiger partial charge on any atom is 0.248 e. The van der Waals surface area contributed by atoms with Crippen molar-refractivity contribution in [1.82, 2.24) is 5.32 Å². The molecule has 1 amide bonds. The summed E-state index contributed by atoms with van der Waals surface area (Å²) in [5.74, 6) is 0.0913. The van der Waals surface area contributed by atoms with Crippen molar-refractivity contribution in [3.8, 4) is 0 Å². The minimum Gasteiger partial charge on any atom is -0.345 e. The third-order valence-corrected chi connectivity index (χ3v) is 3.09. The standard InChI is InChI=1S/C12H12N2O/c15-12-9-5-6-13-7-10(9)8-3-1-2-4-11(8)14-12/h1-3,7,11H,4-6H2,(H,14,15). The Hall–Kier alpha value is -1.64. The van der Waals surface area contributed by atoms with E-state index in [1.165, 1.54) is 5.57 Å². The molecule has 0 fully saturated rings. The van der Waals surface area contributed by atoms with Crippen molar-refractivity contribution in [3.05, 3.63) is 34.9 Å². The number of dihydropyridines is 1. The summed E-state index contributed by atoms with van der Waals surface area (Å²) in [4.78, 5) is 16.1. The number of nitrogens with zero attached hydrogens (tertiary/aromatic N) is 1. The van der Waals surface area contributed by atoms with E-state index in [1.807, 2.05) is 6.21 Å². The summed E-state index contributed by atoms with van der Waals surface area (Å²) in [7, 11) is 0. The third-order valence-electron chi connectivity index (χ3n) is 3.09. The van der Waals surface area contributed by atoms with Gasteiger partial charge >= 0.3 is 0 Å². The fourth-order valence-corrected chi connectivity index (χ4v) is 2.32. The van der Waals surface area contributed by atoms with Crippen molar-refractivity contribution in [2.24, 2.45) is 4.99 Å². The van der Waals surface area contributed by atoms with E-state index in [0.29, 0.717) is 0 Å². The Morgan fingerprint density at radius 3 is 3.33 bits per heavy atom. The van der Waals surface area contributed by atoms with Gasteiger partial charge in [-0.3, -0.25) is 9.79 Å². The van der Waals surface area contributed by atoms with Crippen molar-refractivity contribution in [2.45, 2.75) is 18.9 Å². The van der Waals surface area contributed by atoms with Crippen molar-refractivity contribution >= 4 is 12.1 Å². The molecule has 3 aliphatic rings. The summed E-state index contributed by atoms with van der Waals surface area (Å²) >= 11 is 0. The highest BCUT2D eigenvalue weighted by Crippen LogP contribution is 2.29. The summed E-state index contributed by atoms with van der Waals surface area (Å²) in [6, 6.07) is 0.158. The normalized spacial score (nSPS) is 28.1. The van der Waals surface area contributed by atoms with Crippen LogP contribution >= 0.6 is 0 Å². The molecular weight excluding hydrogens is 188 g/mol. The van der Waals surface area contributed by atoms with Crippen LogP contribution in [0.15, 0.2) is 39.9 Å². The van der Waals surface area contributed by atoms with Gasteiger partial charge in [0.05, 0.1) is 6.04 Å². The second kappa shape index (κ2) is 3.19. The number of allylic oxidation sites excluding steroid dienone is 2. The second-order valence-electron chi connectivity index (χ2n) is 3.99. The van der Waals surface area contributed by atoms with Crippen LogP contribution in [0.4, 0.5) is 0 Å². The third kappa shape index (κ3) is 1.27. The Morgan fingerprint density at radius 1 is 1.47 bits per heavy atom. The quantitative estimate of drug-likeness (QED) is 0.626. The van der Waals surface area contributed by atoms with Gasteiger partial charge in [0, 0.05) is 23.9 Å². The molecule has 3 nitrogen and oxygen atoms in total. The number of hydrogen-bond acceptors (Lipinski definition) is 2. The maximum atomic E-state index is 11.8. The summed E-state index contributed by atoms with van der Waals surface area (Å²) < 4.78 is 0. The van der Waals surface area contributed by atoms with Crippen LogP contribution < -0.4 is 5.32 Å². The van der Waals surface area contributed by atoms with E-state index in [9.17, 15) is 4.79 Å². The number of rotatable bonds is 0. The number of carbonyl (C=O) groups excluding carboxylic acids is 1. The molecule has 2 heterocycles. The highest BCUT2D eigenvalue weighted by molar-refractivity contribution is 6.05. The number of nitrogens with one attached hydrogen (secondary N) is 1. The molecular formula is C12H12N2O. The second-order valence-corrected chi connectivity index (χ2v) is 3.99. The van der Waals surface area contributed by atoms with Crippen molar-refractivity contribution in [1.29, 1.82) is 0 Å². The summed E-state index contributed by atoms with van der Waals surface area (Å²) in [6.07, 6.45) is 9.74. The van der Waals surface area contributed by atoms with Crippen LogP contribution in [0.25, 0.3) is 0 Å². The smallest absolute Gasteiger partial charge is 0.248 e. The minimum atomic E-state index is 0.0913. The van der Waals surface area contributed by atoms with E-state index in [2.05, 4.69) is 28.5 Å². The highest BCUT2D eigenvalue weighted by atomic mass is 16.1. The lowest BCUT2D eigenvalue weighted by Gasteiger charge is -2.31. The number of amides is 1. The Labute approximate surface area is 88.3 Å². The Balaban J connectivity index is 2.13. The topological polar surface area (TPSA) is 41.5 Å². The average molecular weight is 200 g/mol. The first-order valence-corrected chi connectivity index (χ1v) is 5.27. The molecule has 0 bridgehead atoms. The van der Waals surface area contributed by atoms with Crippen LogP contribution in [0.1, 0.15) is 12.8 Å². The molecule has 0 spiro atoms. The fourth-order valence-electron chi connectivity index (χ4n) is 2.32. The van der Waals surface area contributed by atoms with E-state index in [4.69, 9.17) is 0 Å². The zero-order chi connectivity index (χ0) is 10.3. The summed E-state index contributed by atoms with van der Waals surface area (Å²) in [5.41, 5.74) is 3.18. The SMILES string of the molecule is O=C1NC2CC=CC=C2C2=C1CCN=C2. The Bertz CT molecular complexity index is 441. The lowest BCUT2D eigenvalue weighted by atomic mass is 9.84. The fraction of sp³-hybridized carbons (Fsp3) is 0.333. The molecule has 0 aromatic rings. The molecule has 1 unspecified atom stereocenters. The lowest BCUT2D eigenvalue weighted by Crippen LogP contribution is -2.43. The van der Waals surface area contributed by atoms with Gasteiger partial charge in [-0.25, -0.2) is 0 Å². The lowest BCUT2D eigenvalue weighted by molar-refractivity contribution is -0.118. The Morgan fingerprint density at radius 2 is 2.40 bits per heavy atom. The largest absolute Gasteiger partial charge is 0.345 e. The van der Waals surface area contributed by atoms with E-state index in [-0.39, 0.29) is 11.9 Å². The van der Waals surface area contributed by atoms with E-state index >= 15 is 0 Å². The predicted molar refractivity (Wildman–Crippen MR) is 58.8 cm³/mol. The van der Waals surface area contributed by atoms with Gasteiger partial charge in [0.25, 0.3) is 0 Å². The van der Waals surface area contributed by atoms with E-state index in [0.717, 1.165) is 30.5 Å². The molecule has 76 valence electrons. The number of fused-ring (bicyclic) bond motifs is 2. The monoisotopic (exact) mass is 200 g/mol. The summed E-state index contributed by atoms with van der Waals surface area (Å²) in [6.45, 7) is 0.736. The van der Waals surface area contributed by atoms with Gasteiger partial charge in [-0.2, -0.15) is 0 Å². The zero-order valence-corrected chi connectivity index (χ0v) is 8.36. The number of aliphatic imine (C=N–C) groups is 1. The first kappa shape index (κ1) is 8.65. The van der Waals surface area contributed by atoms with Crippen molar-refractivity contribution < 1.29 is 4.79 Å². The molecule has 0 aromatic carbocycles. The maximum absolute atomic E-state index is 11.8. The highest BCUT2D eigenvalue weighted by Gasteiger charge is 2.30. The van der Waals surface area contributed by atoms with Crippen LogP contribution in [0.3, 0.4) is 0 Å². The molecule has 1 atom stereocenters. The number of hydrogen-bond donors (Lipinski definition) is 1. The van der Waals surface area contributed by atoms with Crippen molar-refractivity contribution in [3.63, 3.8) is 0 Å². The predicted octanol–water partition coefficient (Wildman–Crippen LogP) is 1.14. The molecule has 1 N–H and O–H groups in total. The molecule has 0 radical (unpaired) electrons. The number of carbonyl (C=O) groups is 1. The molecule has 3 heteroatoms. The van der Waals surface area contributed by atoms with Gasteiger partial charge in [-0.1, -0.05) is 18.2 Å². The van der Waals surface area contributed by atoms with Gasteiger partial charge in [-0.05, 0) is 18.4 Å². The van der Waals surface area contributed by atoms with Gasteiger partial charge < -0.3 is 5.32 Å². The molecule has 1 aliphatic carbocycles. The van der Waals surface area contributed by atoms with Crippen LogP contribution in [-0.4, -0.2) is 24.7 Å². The average Bonchev–Trinajstić information content (AvgIpc) is 2.30. The molecule has 0 saturated carbocycles. The van der Waals surface area contributed by atoms with Gasteiger partial charge in [0.2, 0.25) is 5.91 Å². The molecule has 15 heavy (non-hydrogen) atoms. The van der Waals surface area contributed by atoms with Gasteiger partial charge in [0.1, 0.15) is 0 Å². The van der Waals surface area contributed by atoms with E-state index < -0.39 is 0 Å².